The van der Waals surface area contributed by atoms with Crippen molar-refractivity contribution < 1.29 is 19.8 Å². The fraction of sp³-hybridized carbons (Fsp3) is 0.818. The summed E-state index contributed by atoms with van der Waals surface area (Å²) in [5, 5.41) is 20.3. The highest BCUT2D eigenvalue weighted by Gasteiger charge is 2.28. The zero-order valence-corrected chi connectivity index (χ0v) is 10.9. The maximum Gasteiger partial charge on any atom is 0.317 e. The molecule has 6 nitrogen and oxygen atoms in total. The van der Waals surface area contributed by atoms with Gasteiger partial charge in [0.2, 0.25) is 0 Å². The van der Waals surface area contributed by atoms with E-state index in [2.05, 4.69) is 5.32 Å². The second kappa shape index (κ2) is 6.44. The highest BCUT2D eigenvalue weighted by atomic mass is 16.4. The first kappa shape index (κ1) is 15.7. The number of aliphatic hydroxyl groups is 1. The van der Waals surface area contributed by atoms with E-state index in [4.69, 9.17) is 10.2 Å². The number of amides is 2. The lowest BCUT2D eigenvalue weighted by atomic mass is 9.94. The van der Waals surface area contributed by atoms with Gasteiger partial charge in [0.25, 0.3) is 0 Å². The van der Waals surface area contributed by atoms with Crippen LogP contribution in [0.1, 0.15) is 27.7 Å². The van der Waals surface area contributed by atoms with Crippen LogP contribution in [0.2, 0.25) is 0 Å². The first-order valence-electron chi connectivity index (χ1n) is 5.61. The average Bonchev–Trinajstić information content (AvgIpc) is 2.22. The van der Waals surface area contributed by atoms with Crippen LogP contribution in [0.3, 0.4) is 0 Å². The average molecular weight is 246 g/mol. The van der Waals surface area contributed by atoms with Gasteiger partial charge in [0.05, 0.1) is 12.0 Å². The van der Waals surface area contributed by atoms with Crippen molar-refractivity contribution in [3.8, 4) is 0 Å². The SMILES string of the molecule is CC(C)N(CCO)C(=O)NCC(C)(C)C(=O)O. The van der Waals surface area contributed by atoms with Crippen LogP contribution in [-0.4, -0.2) is 52.9 Å². The minimum absolute atomic E-state index is 0.0462. The lowest BCUT2D eigenvalue weighted by Gasteiger charge is -2.28. The third-order valence-corrected chi connectivity index (χ3v) is 2.49. The smallest absolute Gasteiger partial charge is 0.317 e. The molecule has 0 aromatic rings. The molecule has 0 fully saturated rings. The second-order valence-corrected chi connectivity index (χ2v) is 4.86. The summed E-state index contributed by atoms with van der Waals surface area (Å²) < 4.78 is 0. The molecule has 3 N–H and O–H groups in total. The van der Waals surface area contributed by atoms with Crippen LogP contribution in [0, 0.1) is 5.41 Å². The van der Waals surface area contributed by atoms with Crippen LogP contribution in [0.15, 0.2) is 0 Å². The zero-order valence-electron chi connectivity index (χ0n) is 10.9. The van der Waals surface area contributed by atoms with Gasteiger partial charge in [-0.1, -0.05) is 0 Å². The molecule has 0 spiro atoms. The maximum absolute atomic E-state index is 11.8. The lowest BCUT2D eigenvalue weighted by Crippen LogP contribution is -2.48. The van der Waals surface area contributed by atoms with E-state index < -0.39 is 11.4 Å². The van der Waals surface area contributed by atoms with Crippen LogP contribution in [0.25, 0.3) is 0 Å². The van der Waals surface area contributed by atoms with Gasteiger partial charge >= 0.3 is 12.0 Å². The van der Waals surface area contributed by atoms with Gasteiger partial charge in [0.15, 0.2) is 0 Å². The summed E-state index contributed by atoms with van der Waals surface area (Å²) >= 11 is 0. The Labute approximate surface area is 102 Å². The van der Waals surface area contributed by atoms with E-state index in [0.29, 0.717) is 0 Å². The summed E-state index contributed by atoms with van der Waals surface area (Å²) in [6, 6.07) is -0.404. The Bertz CT molecular complexity index is 277. The Kier molecular flexibility index (Phi) is 5.95. The molecule has 0 heterocycles. The fourth-order valence-corrected chi connectivity index (χ4v) is 1.18. The molecule has 2 amide bonds. The molecule has 0 aliphatic heterocycles. The van der Waals surface area contributed by atoms with Crippen LogP contribution in [0.4, 0.5) is 4.79 Å². The molecule has 0 aromatic carbocycles. The van der Waals surface area contributed by atoms with E-state index in [0.717, 1.165) is 0 Å². The molecule has 6 heteroatoms. The summed E-state index contributed by atoms with van der Waals surface area (Å²) in [7, 11) is 0. The molecule has 0 saturated carbocycles. The highest BCUT2D eigenvalue weighted by molar-refractivity contribution is 5.77. The number of hydrogen-bond acceptors (Lipinski definition) is 3. The van der Waals surface area contributed by atoms with Crippen LogP contribution >= 0.6 is 0 Å². The van der Waals surface area contributed by atoms with Gasteiger partial charge < -0.3 is 20.4 Å². The first-order valence-corrected chi connectivity index (χ1v) is 5.61. The summed E-state index contributed by atoms with van der Waals surface area (Å²) in [6.07, 6.45) is 0. The minimum Gasteiger partial charge on any atom is -0.481 e. The number of nitrogens with zero attached hydrogens (tertiary/aromatic N) is 1. The number of carboxylic acid groups (broad SMARTS) is 1. The van der Waals surface area contributed by atoms with E-state index >= 15 is 0 Å². The molecular formula is C11H22N2O4. The van der Waals surface area contributed by atoms with E-state index in [-0.39, 0.29) is 31.8 Å². The minimum atomic E-state index is -1.00. The Hall–Kier alpha value is -1.30. The predicted molar refractivity (Wildman–Crippen MR) is 63.7 cm³/mol. The van der Waals surface area contributed by atoms with Crippen LogP contribution in [-0.2, 0) is 4.79 Å². The van der Waals surface area contributed by atoms with Crippen molar-refractivity contribution in [2.75, 3.05) is 19.7 Å². The molecule has 0 aliphatic rings. The van der Waals surface area contributed by atoms with Gasteiger partial charge in [0, 0.05) is 19.1 Å². The number of aliphatic carboxylic acids is 1. The number of rotatable bonds is 6. The van der Waals surface area contributed by atoms with Crippen molar-refractivity contribution in [2.24, 2.45) is 5.41 Å². The monoisotopic (exact) mass is 246 g/mol. The molecule has 0 rings (SSSR count). The Balaban J connectivity index is 4.38. The summed E-state index contributed by atoms with van der Waals surface area (Å²) in [5.74, 6) is -0.962. The number of nitrogens with one attached hydrogen (secondary N) is 1. The third-order valence-electron chi connectivity index (χ3n) is 2.49. The summed E-state index contributed by atoms with van der Waals surface area (Å²) in [5.41, 5.74) is -1.00. The van der Waals surface area contributed by atoms with Crippen LogP contribution in [0.5, 0.6) is 0 Å². The first-order chi connectivity index (χ1) is 7.72. The number of carboxylic acids is 1. The predicted octanol–water partition coefficient (Wildman–Crippen LogP) is 0.509. The highest BCUT2D eigenvalue weighted by Crippen LogP contribution is 2.13. The summed E-state index contributed by atoms with van der Waals surface area (Å²) in [4.78, 5) is 24.1. The van der Waals surface area contributed by atoms with Gasteiger partial charge in [0.1, 0.15) is 0 Å². The molecule has 17 heavy (non-hydrogen) atoms. The van der Waals surface area contributed by atoms with Gasteiger partial charge in [-0.3, -0.25) is 4.79 Å². The molecule has 0 aliphatic carbocycles. The van der Waals surface area contributed by atoms with Gasteiger partial charge in [-0.15, -0.1) is 0 Å². The molecule has 0 atom stereocenters. The van der Waals surface area contributed by atoms with Gasteiger partial charge in [-0.25, -0.2) is 4.79 Å². The zero-order chi connectivity index (χ0) is 13.6. The molecule has 0 aromatic heterocycles. The van der Waals surface area contributed by atoms with E-state index in [9.17, 15) is 9.59 Å². The fourth-order valence-electron chi connectivity index (χ4n) is 1.18. The van der Waals surface area contributed by atoms with Crippen molar-refractivity contribution in [3.63, 3.8) is 0 Å². The number of carbonyl (C=O) groups is 2. The van der Waals surface area contributed by atoms with Crippen molar-refractivity contribution in [3.05, 3.63) is 0 Å². The Morgan fingerprint density at radius 1 is 1.35 bits per heavy atom. The van der Waals surface area contributed by atoms with E-state index in [1.165, 1.54) is 4.90 Å². The van der Waals surface area contributed by atoms with E-state index in [1.54, 1.807) is 13.8 Å². The van der Waals surface area contributed by atoms with Crippen molar-refractivity contribution >= 4 is 12.0 Å². The van der Waals surface area contributed by atoms with E-state index in [1.807, 2.05) is 13.8 Å². The summed E-state index contributed by atoms with van der Waals surface area (Å²) in [6.45, 7) is 6.92. The molecular weight excluding hydrogens is 224 g/mol. The normalized spacial score (nSPS) is 11.4. The van der Waals surface area contributed by atoms with Crippen molar-refractivity contribution in [2.45, 2.75) is 33.7 Å². The van der Waals surface area contributed by atoms with Gasteiger partial charge in [-0.05, 0) is 27.7 Å². The number of aliphatic hydroxyl groups excluding tert-OH is 1. The van der Waals surface area contributed by atoms with Crippen molar-refractivity contribution in [1.29, 1.82) is 0 Å². The molecule has 0 unspecified atom stereocenters. The molecule has 0 radical (unpaired) electrons. The Morgan fingerprint density at radius 3 is 2.24 bits per heavy atom. The lowest BCUT2D eigenvalue weighted by molar-refractivity contribution is -0.146. The van der Waals surface area contributed by atoms with Crippen molar-refractivity contribution in [1.82, 2.24) is 10.2 Å². The topological polar surface area (TPSA) is 89.9 Å². The quantitative estimate of drug-likeness (QED) is 0.637. The molecule has 0 saturated heterocycles. The van der Waals surface area contributed by atoms with Gasteiger partial charge in [-0.2, -0.15) is 0 Å². The second-order valence-electron chi connectivity index (χ2n) is 4.86. The molecule has 0 bridgehead atoms. The largest absolute Gasteiger partial charge is 0.481 e. The maximum atomic E-state index is 11.8. The number of urea groups is 1. The Morgan fingerprint density at radius 2 is 1.88 bits per heavy atom. The molecule has 100 valence electrons. The third kappa shape index (κ3) is 5.04. The standard InChI is InChI=1S/C11H22N2O4/c1-8(2)13(5-6-14)10(17)12-7-11(3,4)9(15)16/h8,14H,5-7H2,1-4H3,(H,12,17)(H,15,16). The van der Waals surface area contributed by atoms with Crippen LogP contribution < -0.4 is 5.32 Å². The number of hydrogen-bond donors (Lipinski definition) is 3. The number of carbonyl (C=O) groups excluding carboxylic acids is 1.